The molecule has 0 aromatic heterocycles. The molecule has 0 saturated heterocycles. The Morgan fingerprint density at radius 1 is 0.667 bits per heavy atom. The molecule has 2 aromatic carbocycles. The minimum absolute atomic E-state index is 0. The van der Waals surface area contributed by atoms with Crippen molar-refractivity contribution in [2.24, 2.45) is 0 Å². The first-order valence-corrected chi connectivity index (χ1v) is 5.37. The molecule has 0 aliphatic rings. The first-order valence-electron chi connectivity index (χ1n) is 5.37. The van der Waals surface area contributed by atoms with Gasteiger partial charge < -0.3 is 24.5 Å². The van der Waals surface area contributed by atoms with Gasteiger partial charge in [-0.3, -0.25) is 0 Å². The molecule has 0 N–H and O–H groups in total. The molecule has 2 rings (SSSR count). The molecule has 0 radical (unpaired) electrons. The van der Waals surface area contributed by atoms with Crippen LogP contribution in [0, 0.1) is 0 Å². The molecule has 0 saturated carbocycles. The summed E-state index contributed by atoms with van der Waals surface area (Å²) in [6, 6.07) is 11.4. The smallest absolute Gasteiger partial charge is 0.545 e. The van der Waals surface area contributed by atoms with Crippen molar-refractivity contribution in [3.05, 3.63) is 59.7 Å². The molecule has 0 bridgehead atoms. The standard InChI is InChI=1S/C14H10O5.2Na/c15-13(16)9-1-5-11(6-2-9)19-12-7-3-10(4-8-12)14(17)18;;/h1-8H,(H,15,16)(H,17,18);;/q;2*+1/p-2. The number of hydrogen-bond acceptors (Lipinski definition) is 5. The van der Waals surface area contributed by atoms with Crippen molar-refractivity contribution < 1.29 is 83.7 Å². The Hall–Kier alpha value is -0.820. The second-order valence-electron chi connectivity index (χ2n) is 3.73. The Morgan fingerprint density at radius 3 is 1.19 bits per heavy atom. The molecular weight excluding hydrogens is 294 g/mol. The zero-order valence-corrected chi connectivity index (χ0v) is 15.7. The van der Waals surface area contributed by atoms with Crippen LogP contribution in [-0.4, -0.2) is 11.9 Å². The van der Waals surface area contributed by atoms with E-state index < -0.39 is 11.9 Å². The zero-order valence-electron chi connectivity index (χ0n) is 11.7. The number of carboxylic acid groups (broad SMARTS) is 2. The number of benzene rings is 2. The summed E-state index contributed by atoms with van der Waals surface area (Å²) >= 11 is 0. The number of carbonyl (C=O) groups excluding carboxylic acids is 2. The van der Waals surface area contributed by atoms with E-state index in [4.69, 9.17) is 4.74 Å². The molecule has 0 heterocycles. The van der Waals surface area contributed by atoms with Gasteiger partial charge in [0.15, 0.2) is 0 Å². The summed E-state index contributed by atoms with van der Waals surface area (Å²) in [6.07, 6.45) is 0. The van der Waals surface area contributed by atoms with Gasteiger partial charge in [-0.25, -0.2) is 0 Å². The molecule has 2 aromatic rings. The van der Waals surface area contributed by atoms with E-state index in [9.17, 15) is 19.8 Å². The summed E-state index contributed by atoms with van der Waals surface area (Å²) in [5, 5.41) is 21.1. The van der Waals surface area contributed by atoms with Crippen molar-refractivity contribution in [1.29, 1.82) is 0 Å². The molecule has 7 heteroatoms. The van der Waals surface area contributed by atoms with Gasteiger partial charge in [-0.1, -0.05) is 0 Å². The normalized spacial score (nSPS) is 8.95. The third kappa shape index (κ3) is 5.82. The second-order valence-corrected chi connectivity index (χ2v) is 3.73. The van der Waals surface area contributed by atoms with E-state index in [0.717, 1.165) is 0 Å². The average molecular weight is 302 g/mol. The van der Waals surface area contributed by atoms with Gasteiger partial charge in [0.25, 0.3) is 0 Å². The van der Waals surface area contributed by atoms with E-state index in [1.165, 1.54) is 48.5 Å². The van der Waals surface area contributed by atoms with Gasteiger partial charge in [0.1, 0.15) is 11.5 Å². The molecule has 0 spiro atoms. The van der Waals surface area contributed by atoms with Crippen LogP contribution in [0.25, 0.3) is 0 Å². The number of hydrogen-bond donors (Lipinski definition) is 0. The van der Waals surface area contributed by atoms with E-state index in [0.29, 0.717) is 11.5 Å². The van der Waals surface area contributed by atoms with E-state index >= 15 is 0 Å². The zero-order chi connectivity index (χ0) is 13.8. The van der Waals surface area contributed by atoms with Crippen molar-refractivity contribution in [3.63, 3.8) is 0 Å². The van der Waals surface area contributed by atoms with Crippen molar-refractivity contribution in [2.45, 2.75) is 0 Å². The summed E-state index contributed by atoms with van der Waals surface area (Å²) in [6.45, 7) is 0. The van der Waals surface area contributed by atoms with Gasteiger partial charge in [-0.2, -0.15) is 0 Å². The van der Waals surface area contributed by atoms with E-state index in [1.54, 1.807) is 0 Å². The largest absolute Gasteiger partial charge is 1.00 e. The van der Waals surface area contributed by atoms with Crippen LogP contribution in [0.15, 0.2) is 48.5 Å². The van der Waals surface area contributed by atoms with E-state index in [-0.39, 0.29) is 70.2 Å². The Morgan fingerprint density at radius 2 is 0.952 bits per heavy atom. The number of ether oxygens (including phenoxy) is 1. The molecule has 21 heavy (non-hydrogen) atoms. The number of carbonyl (C=O) groups is 2. The van der Waals surface area contributed by atoms with Gasteiger partial charge in [0, 0.05) is 0 Å². The topological polar surface area (TPSA) is 89.5 Å². The molecule has 0 aliphatic heterocycles. The molecule has 5 nitrogen and oxygen atoms in total. The van der Waals surface area contributed by atoms with Gasteiger partial charge in [0.05, 0.1) is 11.9 Å². The third-order valence-electron chi connectivity index (χ3n) is 2.42. The Balaban J connectivity index is 0.00000200. The molecule has 0 amide bonds. The SMILES string of the molecule is O=C([O-])c1ccc(Oc2ccc(C(=O)[O-])cc2)cc1.[Na+].[Na+]. The summed E-state index contributed by atoms with van der Waals surface area (Å²) in [7, 11) is 0. The number of carboxylic acids is 2. The van der Waals surface area contributed by atoms with Crippen LogP contribution in [0.3, 0.4) is 0 Å². The molecular formula is C14H8Na2O5. The average Bonchev–Trinajstić information content (AvgIpc) is 2.40. The first-order chi connectivity index (χ1) is 9.06. The summed E-state index contributed by atoms with van der Waals surface area (Å²) in [4.78, 5) is 21.1. The monoisotopic (exact) mass is 302 g/mol. The van der Waals surface area contributed by atoms with Crippen LogP contribution < -0.4 is 74.1 Å². The van der Waals surface area contributed by atoms with Gasteiger partial charge >= 0.3 is 59.1 Å². The van der Waals surface area contributed by atoms with E-state index in [2.05, 4.69) is 0 Å². The molecule has 0 atom stereocenters. The van der Waals surface area contributed by atoms with Crippen LogP contribution >= 0.6 is 0 Å². The van der Waals surface area contributed by atoms with Crippen molar-refractivity contribution in [1.82, 2.24) is 0 Å². The van der Waals surface area contributed by atoms with Crippen LogP contribution in [0.4, 0.5) is 0 Å². The quantitative estimate of drug-likeness (QED) is 0.525. The van der Waals surface area contributed by atoms with Gasteiger partial charge in [-0.05, 0) is 59.7 Å². The fourth-order valence-corrected chi connectivity index (χ4v) is 1.45. The van der Waals surface area contributed by atoms with Crippen molar-refractivity contribution in [3.8, 4) is 11.5 Å². The number of rotatable bonds is 4. The van der Waals surface area contributed by atoms with Gasteiger partial charge in [0.2, 0.25) is 0 Å². The molecule has 0 fully saturated rings. The maximum atomic E-state index is 10.6. The Bertz CT molecular complexity index is 553. The minimum atomic E-state index is -1.26. The second kappa shape index (κ2) is 9.25. The Labute approximate surface area is 165 Å². The van der Waals surface area contributed by atoms with Crippen LogP contribution in [0.2, 0.25) is 0 Å². The predicted molar refractivity (Wildman–Crippen MR) is 61.6 cm³/mol. The fourth-order valence-electron chi connectivity index (χ4n) is 1.45. The fraction of sp³-hybridized carbons (Fsp3) is 0. The maximum absolute atomic E-state index is 10.6. The maximum Gasteiger partial charge on any atom is 1.00 e. The van der Waals surface area contributed by atoms with Crippen molar-refractivity contribution >= 4 is 11.9 Å². The Kier molecular flexibility index (Phi) is 8.89. The first kappa shape index (κ1) is 20.2. The summed E-state index contributed by atoms with van der Waals surface area (Å²) in [5.74, 6) is -1.65. The molecule has 0 unspecified atom stereocenters. The van der Waals surface area contributed by atoms with Crippen LogP contribution in [0.5, 0.6) is 11.5 Å². The van der Waals surface area contributed by atoms with Gasteiger partial charge in [-0.15, -0.1) is 0 Å². The molecule has 96 valence electrons. The summed E-state index contributed by atoms with van der Waals surface area (Å²) < 4.78 is 5.42. The van der Waals surface area contributed by atoms with Crippen molar-refractivity contribution in [2.75, 3.05) is 0 Å². The predicted octanol–water partition coefficient (Wildman–Crippen LogP) is -5.79. The van der Waals surface area contributed by atoms with Crippen LogP contribution in [0.1, 0.15) is 20.7 Å². The molecule has 0 aliphatic carbocycles. The minimum Gasteiger partial charge on any atom is -0.545 e. The number of aromatic carboxylic acids is 2. The summed E-state index contributed by atoms with van der Waals surface area (Å²) in [5.41, 5.74) is 0.110. The third-order valence-corrected chi connectivity index (χ3v) is 2.42. The van der Waals surface area contributed by atoms with E-state index in [1.807, 2.05) is 0 Å². The van der Waals surface area contributed by atoms with Crippen LogP contribution in [-0.2, 0) is 0 Å².